The van der Waals surface area contributed by atoms with Crippen molar-refractivity contribution in [3.8, 4) is 0 Å². The fourth-order valence-electron chi connectivity index (χ4n) is 2.07. The van der Waals surface area contributed by atoms with E-state index in [1.54, 1.807) is 0 Å². The molecule has 0 fully saturated rings. The van der Waals surface area contributed by atoms with E-state index in [4.69, 9.17) is 5.11 Å². The predicted octanol–water partition coefficient (Wildman–Crippen LogP) is 5.62. The Morgan fingerprint density at radius 2 is 1.43 bits per heavy atom. The second kappa shape index (κ2) is 16.7. The third-order valence-electron chi connectivity index (χ3n) is 3.44. The normalized spacial score (nSPS) is 11.9. The highest BCUT2D eigenvalue weighted by atomic mass is 16.4. The molecule has 0 unspecified atom stereocenters. The molecule has 3 nitrogen and oxygen atoms in total. The highest BCUT2D eigenvalue weighted by Crippen LogP contribution is 2.03. The molecule has 0 saturated heterocycles. The van der Waals surface area contributed by atoms with E-state index < -0.39 is 5.97 Å². The number of ketones is 1. The minimum Gasteiger partial charge on any atom is -0.481 e. The van der Waals surface area contributed by atoms with Crippen LogP contribution in [0.4, 0.5) is 0 Å². The van der Waals surface area contributed by atoms with Crippen molar-refractivity contribution in [3.63, 3.8) is 0 Å². The van der Waals surface area contributed by atoms with Crippen LogP contribution in [0.25, 0.3) is 0 Å². The fourth-order valence-corrected chi connectivity index (χ4v) is 2.07. The lowest BCUT2D eigenvalue weighted by Gasteiger charge is -1.94. The molecule has 0 aliphatic rings. The van der Waals surface area contributed by atoms with Gasteiger partial charge in [0, 0.05) is 19.3 Å². The van der Waals surface area contributed by atoms with Crippen LogP contribution < -0.4 is 0 Å². The number of carbonyl (C=O) groups excluding carboxylic acids is 1. The highest BCUT2D eigenvalue weighted by Gasteiger charge is 1.96. The summed E-state index contributed by atoms with van der Waals surface area (Å²) in [7, 11) is 0. The van der Waals surface area contributed by atoms with Gasteiger partial charge in [-0.2, -0.15) is 0 Å². The summed E-state index contributed by atoms with van der Waals surface area (Å²) < 4.78 is 0. The van der Waals surface area contributed by atoms with Gasteiger partial charge in [-0.05, 0) is 38.5 Å². The Labute approximate surface area is 141 Å². The summed E-state index contributed by atoms with van der Waals surface area (Å²) in [5, 5.41) is 8.49. The average molecular weight is 320 g/mol. The Morgan fingerprint density at radius 3 is 2.13 bits per heavy atom. The number of hydrogen-bond donors (Lipinski definition) is 1. The van der Waals surface area contributed by atoms with Crippen LogP contribution >= 0.6 is 0 Å². The number of hydrogen-bond acceptors (Lipinski definition) is 2. The summed E-state index contributed by atoms with van der Waals surface area (Å²) in [5.41, 5.74) is 0. The molecule has 1 N–H and O–H groups in total. The van der Waals surface area contributed by atoms with Crippen LogP contribution in [0.3, 0.4) is 0 Å². The number of Topliss-reactive ketones (excluding diaryl/α,β-unsaturated/α-hetero) is 1. The topological polar surface area (TPSA) is 54.4 Å². The maximum Gasteiger partial charge on any atom is 0.303 e. The lowest BCUT2D eigenvalue weighted by atomic mass is 10.1. The van der Waals surface area contributed by atoms with E-state index >= 15 is 0 Å². The SMILES string of the molecule is CCCCCC=CCC(=O)CCC=CCC=CCCCC(=O)O. The molecule has 0 spiro atoms. The highest BCUT2D eigenvalue weighted by molar-refractivity contribution is 5.79. The van der Waals surface area contributed by atoms with Gasteiger partial charge in [0.15, 0.2) is 0 Å². The van der Waals surface area contributed by atoms with Crippen LogP contribution in [0, 0.1) is 0 Å². The van der Waals surface area contributed by atoms with Gasteiger partial charge in [-0.1, -0.05) is 56.2 Å². The zero-order chi connectivity index (χ0) is 17.2. The van der Waals surface area contributed by atoms with Gasteiger partial charge >= 0.3 is 5.97 Å². The fraction of sp³-hybridized carbons (Fsp3) is 0.600. The van der Waals surface area contributed by atoms with Crippen molar-refractivity contribution in [1.29, 1.82) is 0 Å². The van der Waals surface area contributed by atoms with Crippen LogP contribution in [0.15, 0.2) is 36.5 Å². The Bertz CT molecular complexity index is 392. The first-order valence-electron chi connectivity index (χ1n) is 8.85. The molecule has 0 saturated carbocycles. The molecule has 23 heavy (non-hydrogen) atoms. The zero-order valence-corrected chi connectivity index (χ0v) is 14.5. The minimum atomic E-state index is -0.737. The molecular weight excluding hydrogens is 288 g/mol. The molecule has 0 heterocycles. The zero-order valence-electron chi connectivity index (χ0n) is 14.5. The number of rotatable bonds is 15. The monoisotopic (exact) mass is 320 g/mol. The molecule has 0 aromatic rings. The van der Waals surface area contributed by atoms with Crippen LogP contribution in [-0.4, -0.2) is 16.9 Å². The van der Waals surface area contributed by atoms with Crippen molar-refractivity contribution >= 4 is 11.8 Å². The van der Waals surface area contributed by atoms with Gasteiger partial charge in [0.05, 0.1) is 0 Å². The van der Waals surface area contributed by atoms with Crippen molar-refractivity contribution in [2.24, 2.45) is 0 Å². The summed E-state index contributed by atoms with van der Waals surface area (Å²) in [4.78, 5) is 22.0. The van der Waals surface area contributed by atoms with E-state index in [1.165, 1.54) is 19.3 Å². The predicted molar refractivity (Wildman–Crippen MR) is 96.5 cm³/mol. The van der Waals surface area contributed by atoms with Crippen molar-refractivity contribution in [2.45, 2.75) is 77.6 Å². The van der Waals surface area contributed by atoms with Gasteiger partial charge in [0.1, 0.15) is 5.78 Å². The number of carboxylic acid groups (broad SMARTS) is 1. The van der Waals surface area contributed by atoms with Crippen molar-refractivity contribution in [3.05, 3.63) is 36.5 Å². The number of carbonyl (C=O) groups is 2. The quantitative estimate of drug-likeness (QED) is 0.315. The van der Waals surface area contributed by atoms with Gasteiger partial charge in [-0.15, -0.1) is 0 Å². The summed E-state index contributed by atoms with van der Waals surface area (Å²) in [6, 6.07) is 0. The smallest absolute Gasteiger partial charge is 0.303 e. The molecule has 0 rings (SSSR count). The Morgan fingerprint density at radius 1 is 0.783 bits per heavy atom. The summed E-state index contributed by atoms with van der Waals surface area (Å²) in [5.74, 6) is -0.440. The standard InChI is InChI=1S/C20H32O3/c1-2-3-4-5-10-13-16-19(21)17-14-11-8-6-7-9-12-15-18-20(22)23/h7-11,13H,2-6,12,14-18H2,1H3,(H,22,23). The van der Waals surface area contributed by atoms with E-state index in [2.05, 4.69) is 19.1 Å². The molecule has 130 valence electrons. The average Bonchev–Trinajstić information content (AvgIpc) is 2.52. The molecule has 0 atom stereocenters. The molecule has 0 aromatic carbocycles. The number of unbranched alkanes of at least 4 members (excludes halogenated alkanes) is 4. The maximum atomic E-state index is 11.6. The second-order valence-electron chi connectivity index (χ2n) is 5.71. The first-order valence-corrected chi connectivity index (χ1v) is 8.85. The Balaban J connectivity index is 3.49. The number of aliphatic carboxylic acids is 1. The van der Waals surface area contributed by atoms with E-state index in [0.717, 1.165) is 25.7 Å². The van der Waals surface area contributed by atoms with Crippen molar-refractivity contribution in [2.75, 3.05) is 0 Å². The maximum absolute atomic E-state index is 11.6. The van der Waals surface area contributed by atoms with Crippen LogP contribution in [0.5, 0.6) is 0 Å². The van der Waals surface area contributed by atoms with Gasteiger partial charge in [-0.25, -0.2) is 0 Å². The van der Waals surface area contributed by atoms with Gasteiger partial charge in [-0.3, -0.25) is 9.59 Å². The van der Waals surface area contributed by atoms with Crippen LogP contribution in [-0.2, 0) is 9.59 Å². The second-order valence-corrected chi connectivity index (χ2v) is 5.71. The van der Waals surface area contributed by atoms with E-state index in [9.17, 15) is 9.59 Å². The first-order chi connectivity index (χ1) is 11.2. The number of carboxylic acids is 1. The van der Waals surface area contributed by atoms with E-state index in [-0.39, 0.29) is 6.42 Å². The largest absolute Gasteiger partial charge is 0.481 e. The minimum absolute atomic E-state index is 0.231. The molecule has 3 heteroatoms. The third-order valence-corrected chi connectivity index (χ3v) is 3.44. The Hall–Kier alpha value is -1.64. The van der Waals surface area contributed by atoms with E-state index in [1.807, 2.05) is 24.3 Å². The summed E-state index contributed by atoms with van der Waals surface area (Å²) >= 11 is 0. The molecule has 0 radical (unpaired) electrons. The number of allylic oxidation sites excluding steroid dienone is 6. The summed E-state index contributed by atoms with van der Waals surface area (Å²) in [6.45, 7) is 2.19. The Kier molecular flexibility index (Phi) is 15.5. The van der Waals surface area contributed by atoms with Crippen molar-refractivity contribution < 1.29 is 14.7 Å². The lowest BCUT2D eigenvalue weighted by Crippen LogP contribution is -1.93. The molecule has 0 bridgehead atoms. The summed E-state index contributed by atoms with van der Waals surface area (Å²) in [6.07, 6.45) is 21.6. The van der Waals surface area contributed by atoms with Crippen molar-refractivity contribution in [1.82, 2.24) is 0 Å². The third kappa shape index (κ3) is 18.3. The molecular formula is C20H32O3. The van der Waals surface area contributed by atoms with Gasteiger partial charge in [0.25, 0.3) is 0 Å². The molecule has 0 amide bonds. The van der Waals surface area contributed by atoms with Gasteiger partial charge < -0.3 is 5.11 Å². The molecule has 0 aliphatic carbocycles. The van der Waals surface area contributed by atoms with E-state index in [0.29, 0.717) is 25.0 Å². The van der Waals surface area contributed by atoms with Gasteiger partial charge in [0.2, 0.25) is 0 Å². The van der Waals surface area contributed by atoms with Crippen LogP contribution in [0.2, 0.25) is 0 Å². The molecule has 0 aromatic heterocycles. The molecule has 0 aliphatic heterocycles. The first kappa shape index (κ1) is 21.4. The van der Waals surface area contributed by atoms with Crippen LogP contribution in [0.1, 0.15) is 77.6 Å². The lowest BCUT2D eigenvalue weighted by molar-refractivity contribution is -0.137.